The van der Waals surface area contributed by atoms with E-state index in [9.17, 15) is 8.42 Å². The summed E-state index contributed by atoms with van der Waals surface area (Å²) in [6.45, 7) is 3.11. The summed E-state index contributed by atoms with van der Waals surface area (Å²) in [5.41, 5.74) is 0. The minimum atomic E-state index is -3.50. The van der Waals surface area contributed by atoms with Crippen molar-refractivity contribution in [2.45, 2.75) is 17.9 Å². The molecule has 1 atom stereocenters. The van der Waals surface area contributed by atoms with Gasteiger partial charge in [0.2, 0.25) is 10.0 Å². The molecule has 0 radical (unpaired) electrons. The molecule has 6 heteroatoms. The van der Waals surface area contributed by atoms with E-state index in [-0.39, 0.29) is 6.10 Å². The molecule has 0 spiro atoms. The van der Waals surface area contributed by atoms with Crippen LogP contribution < -0.4 is 0 Å². The van der Waals surface area contributed by atoms with E-state index >= 15 is 0 Å². The van der Waals surface area contributed by atoms with Gasteiger partial charge in [0, 0.05) is 36.3 Å². The third kappa shape index (κ3) is 2.30. The van der Waals surface area contributed by atoms with Crippen molar-refractivity contribution >= 4 is 20.8 Å². The summed E-state index contributed by atoms with van der Waals surface area (Å²) < 4.78 is 32.5. The van der Waals surface area contributed by atoms with Crippen LogP contribution in [-0.4, -0.2) is 43.5 Å². The van der Waals surface area contributed by atoms with Crippen molar-refractivity contribution in [2.75, 3.05) is 19.7 Å². The Hall–Kier alpha value is -1.50. The summed E-state index contributed by atoms with van der Waals surface area (Å²) in [5, 5.41) is 1.54. The Labute approximate surface area is 118 Å². The van der Waals surface area contributed by atoms with Crippen LogP contribution >= 0.6 is 0 Å². The quantitative estimate of drug-likeness (QED) is 0.844. The van der Waals surface area contributed by atoms with Gasteiger partial charge in [0.05, 0.1) is 17.6 Å². The Morgan fingerprint density at radius 1 is 1.35 bits per heavy atom. The molecule has 106 valence electrons. The molecule has 5 nitrogen and oxygen atoms in total. The summed E-state index contributed by atoms with van der Waals surface area (Å²) in [4.78, 5) is 4.37. The zero-order valence-electron chi connectivity index (χ0n) is 11.2. The van der Waals surface area contributed by atoms with E-state index in [1.54, 1.807) is 30.6 Å². The fraction of sp³-hybridized carbons (Fsp3) is 0.357. The average molecular weight is 292 g/mol. The molecule has 0 saturated carbocycles. The van der Waals surface area contributed by atoms with Crippen LogP contribution in [-0.2, 0) is 14.8 Å². The summed E-state index contributed by atoms with van der Waals surface area (Å²) in [6, 6.07) is 7.01. The standard InChI is InChI=1S/C14H16N2O3S/c1-11-10-16(7-8-19-11)20(17,18)14-4-2-3-12-9-15-6-5-13(12)14/h2-6,9,11H,7-8,10H2,1H3. The third-order valence-electron chi connectivity index (χ3n) is 3.46. The summed E-state index contributed by atoms with van der Waals surface area (Å²) >= 11 is 0. The van der Waals surface area contributed by atoms with Crippen molar-refractivity contribution in [1.29, 1.82) is 0 Å². The molecule has 1 aliphatic heterocycles. The van der Waals surface area contributed by atoms with Gasteiger partial charge < -0.3 is 4.74 Å². The highest BCUT2D eigenvalue weighted by Gasteiger charge is 2.30. The SMILES string of the molecule is CC1CN(S(=O)(=O)c2cccc3cnccc23)CCO1. The molecule has 1 aromatic carbocycles. The first kappa shape index (κ1) is 13.5. The van der Waals surface area contributed by atoms with Gasteiger partial charge in [-0.3, -0.25) is 4.98 Å². The van der Waals surface area contributed by atoms with Crippen LogP contribution in [0.1, 0.15) is 6.92 Å². The van der Waals surface area contributed by atoms with Crippen molar-refractivity contribution in [3.8, 4) is 0 Å². The zero-order chi connectivity index (χ0) is 14.2. The van der Waals surface area contributed by atoms with E-state index in [0.29, 0.717) is 30.0 Å². The fourth-order valence-electron chi connectivity index (χ4n) is 2.46. The summed E-state index contributed by atoms with van der Waals surface area (Å²) in [6.07, 6.45) is 3.22. The monoisotopic (exact) mass is 292 g/mol. The topological polar surface area (TPSA) is 59.5 Å². The van der Waals surface area contributed by atoms with Crippen molar-refractivity contribution in [2.24, 2.45) is 0 Å². The molecular formula is C14H16N2O3S. The van der Waals surface area contributed by atoms with E-state index in [4.69, 9.17) is 4.74 Å². The lowest BCUT2D eigenvalue weighted by atomic mass is 10.2. The first-order valence-corrected chi connectivity index (χ1v) is 7.97. The van der Waals surface area contributed by atoms with Crippen LogP contribution in [0.25, 0.3) is 10.8 Å². The molecule has 1 unspecified atom stereocenters. The van der Waals surface area contributed by atoms with Gasteiger partial charge >= 0.3 is 0 Å². The molecule has 0 N–H and O–H groups in total. The van der Waals surface area contributed by atoms with E-state index < -0.39 is 10.0 Å². The predicted molar refractivity (Wildman–Crippen MR) is 75.9 cm³/mol. The van der Waals surface area contributed by atoms with Crippen molar-refractivity contribution in [1.82, 2.24) is 9.29 Å². The smallest absolute Gasteiger partial charge is 0.243 e. The number of fused-ring (bicyclic) bond motifs is 1. The number of benzene rings is 1. The van der Waals surface area contributed by atoms with Gasteiger partial charge in [-0.25, -0.2) is 8.42 Å². The minimum Gasteiger partial charge on any atom is -0.376 e. The summed E-state index contributed by atoms with van der Waals surface area (Å²) in [5.74, 6) is 0. The fourth-order valence-corrected chi connectivity index (χ4v) is 4.18. The van der Waals surface area contributed by atoms with E-state index in [1.165, 1.54) is 4.31 Å². The highest BCUT2D eigenvalue weighted by Crippen LogP contribution is 2.26. The third-order valence-corrected chi connectivity index (χ3v) is 5.39. The van der Waals surface area contributed by atoms with Gasteiger partial charge in [-0.2, -0.15) is 4.31 Å². The second kappa shape index (κ2) is 5.12. The van der Waals surface area contributed by atoms with Crippen LogP contribution in [0.4, 0.5) is 0 Å². The first-order valence-electron chi connectivity index (χ1n) is 6.53. The van der Waals surface area contributed by atoms with Crippen LogP contribution in [0.3, 0.4) is 0 Å². The summed E-state index contributed by atoms with van der Waals surface area (Å²) in [7, 11) is -3.50. The Morgan fingerprint density at radius 3 is 3.00 bits per heavy atom. The number of rotatable bonds is 2. The minimum absolute atomic E-state index is 0.0739. The molecule has 2 aromatic rings. The Morgan fingerprint density at radius 2 is 2.20 bits per heavy atom. The van der Waals surface area contributed by atoms with E-state index in [0.717, 1.165) is 5.39 Å². The number of hydrogen-bond donors (Lipinski definition) is 0. The molecule has 1 aliphatic rings. The van der Waals surface area contributed by atoms with Crippen LogP contribution in [0.2, 0.25) is 0 Å². The predicted octanol–water partition coefficient (Wildman–Crippen LogP) is 1.64. The normalized spacial score (nSPS) is 21.1. The Balaban J connectivity index is 2.09. The second-order valence-corrected chi connectivity index (χ2v) is 6.80. The highest BCUT2D eigenvalue weighted by molar-refractivity contribution is 7.89. The Bertz CT molecular complexity index is 725. The first-order chi connectivity index (χ1) is 9.59. The number of hydrogen-bond acceptors (Lipinski definition) is 4. The van der Waals surface area contributed by atoms with Crippen LogP contribution in [0.15, 0.2) is 41.6 Å². The zero-order valence-corrected chi connectivity index (χ0v) is 12.0. The molecule has 1 fully saturated rings. The molecule has 20 heavy (non-hydrogen) atoms. The second-order valence-electron chi connectivity index (χ2n) is 4.90. The van der Waals surface area contributed by atoms with Gasteiger partial charge in [-0.05, 0) is 19.1 Å². The molecule has 0 aliphatic carbocycles. The number of nitrogens with zero attached hydrogens (tertiary/aromatic N) is 2. The molecule has 2 heterocycles. The number of aromatic nitrogens is 1. The molecule has 3 rings (SSSR count). The van der Waals surface area contributed by atoms with Gasteiger partial charge in [0.15, 0.2) is 0 Å². The van der Waals surface area contributed by atoms with Gasteiger partial charge in [-0.1, -0.05) is 12.1 Å². The highest BCUT2D eigenvalue weighted by atomic mass is 32.2. The lowest BCUT2D eigenvalue weighted by Gasteiger charge is -2.30. The lowest BCUT2D eigenvalue weighted by Crippen LogP contribution is -2.44. The molecule has 0 bridgehead atoms. The molecule has 0 amide bonds. The van der Waals surface area contributed by atoms with E-state index in [2.05, 4.69) is 4.98 Å². The maximum absolute atomic E-state index is 12.8. The number of ether oxygens (including phenoxy) is 1. The maximum atomic E-state index is 12.8. The number of sulfonamides is 1. The largest absolute Gasteiger partial charge is 0.376 e. The van der Waals surface area contributed by atoms with Crippen LogP contribution in [0, 0.1) is 0 Å². The lowest BCUT2D eigenvalue weighted by molar-refractivity contribution is 0.0102. The van der Waals surface area contributed by atoms with Crippen LogP contribution in [0.5, 0.6) is 0 Å². The molecular weight excluding hydrogens is 276 g/mol. The molecule has 1 saturated heterocycles. The van der Waals surface area contributed by atoms with Crippen molar-refractivity contribution in [3.05, 3.63) is 36.7 Å². The van der Waals surface area contributed by atoms with Gasteiger partial charge in [0.25, 0.3) is 0 Å². The van der Waals surface area contributed by atoms with E-state index in [1.807, 2.05) is 13.0 Å². The molecule has 1 aromatic heterocycles. The number of pyridine rings is 1. The van der Waals surface area contributed by atoms with Crippen molar-refractivity contribution in [3.63, 3.8) is 0 Å². The van der Waals surface area contributed by atoms with Gasteiger partial charge in [-0.15, -0.1) is 0 Å². The maximum Gasteiger partial charge on any atom is 0.243 e. The Kier molecular flexibility index (Phi) is 3.45. The van der Waals surface area contributed by atoms with Gasteiger partial charge in [0.1, 0.15) is 0 Å². The number of morpholine rings is 1. The van der Waals surface area contributed by atoms with Crippen molar-refractivity contribution < 1.29 is 13.2 Å². The average Bonchev–Trinajstić information content (AvgIpc) is 2.46.